The van der Waals surface area contributed by atoms with Crippen molar-refractivity contribution < 1.29 is 23.8 Å². The predicted molar refractivity (Wildman–Crippen MR) is 201 cm³/mol. The SMILES string of the molecule is CO[C@H]1/C=C/C[C@H](C)C/S(NC(=O)c2cc3n(c2)CCOC3)=N/C(=O)c2ccc3c(c2)N(C[C@@H]2CC[C@H]21)C[C@@]1(CCCc2cc(Cl)ccc21)CO3. The number of hydrogen-bond donors (Lipinski definition) is 1. The Hall–Kier alpha value is -3.44. The number of hydrogen-bond acceptors (Lipinski definition) is 6. The molecule has 51 heavy (non-hydrogen) atoms. The quantitative estimate of drug-likeness (QED) is 0.290. The normalized spacial score (nSPS) is 30.0. The number of carbonyl (C=O) groups is 2. The van der Waals surface area contributed by atoms with Crippen molar-refractivity contribution in [1.29, 1.82) is 0 Å². The third kappa shape index (κ3) is 7.04. The number of amides is 2. The molecule has 9 nitrogen and oxygen atoms in total. The molecule has 1 spiro atoms. The molecule has 1 fully saturated rings. The first kappa shape index (κ1) is 34.6. The van der Waals surface area contributed by atoms with Gasteiger partial charge in [-0.15, -0.1) is 0 Å². The first-order valence-corrected chi connectivity index (χ1v) is 20.1. The summed E-state index contributed by atoms with van der Waals surface area (Å²) in [7, 11) is 0.774. The van der Waals surface area contributed by atoms with E-state index in [1.54, 1.807) is 0 Å². The van der Waals surface area contributed by atoms with Crippen LogP contribution in [0, 0.1) is 17.8 Å². The van der Waals surface area contributed by atoms with Gasteiger partial charge < -0.3 is 23.7 Å². The lowest BCUT2D eigenvalue weighted by molar-refractivity contribution is 0.0131. The van der Waals surface area contributed by atoms with E-state index >= 15 is 0 Å². The van der Waals surface area contributed by atoms with Gasteiger partial charge in [0.2, 0.25) is 0 Å². The molecule has 2 bridgehead atoms. The average Bonchev–Trinajstić information content (AvgIpc) is 3.49. The molecule has 1 saturated carbocycles. The Kier molecular flexibility index (Phi) is 9.87. The molecule has 11 heteroatoms. The number of aryl methyl sites for hydroxylation is 1. The number of anilines is 1. The van der Waals surface area contributed by atoms with Gasteiger partial charge in [-0.3, -0.25) is 14.3 Å². The van der Waals surface area contributed by atoms with E-state index in [-0.39, 0.29) is 29.3 Å². The smallest absolute Gasteiger partial charge is 0.284 e. The maximum absolute atomic E-state index is 14.0. The molecular weight excluding hydrogens is 684 g/mol. The van der Waals surface area contributed by atoms with Gasteiger partial charge in [-0.1, -0.05) is 36.7 Å². The number of nitrogens with one attached hydrogen (secondary N) is 1. The summed E-state index contributed by atoms with van der Waals surface area (Å²) in [5, 5.41) is 0.767. The van der Waals surface area contributed by atoms with E-state index < -0.39 is 10.9 Å². The van der Waals surface area contributed by atoms with Crippen LogP contribution in [0.25, 0.3) is 0 Å². The van der Waals surface area contributed by atoms with Crippen molar-refractivity contribution in [3.05, 3.63) is 93.8 Å². The van der Waals surface area contributed by atoms with Crippen LogP contribution in [0.3, 0.4) is 0 Å². The molecule has 1 N–H and O–H groups in total. The van der Waals surface area contributed by atoms with Gasteiger partial charge >= 0.3 is 0 Å². The van der Waals surface area contributed by atoms with Gasteiger partial charge in [-0.2, -0.15) is 4.36 Å². The van der Waals surface area contributed by atoms with Crippen LogP contribution < -0.4 is 14.4 Å². The van der Waals surface area contributed by atoms with Crippen molar-refractivity contribution in [3.63, 3.8) is 0 Å². The fraction of sp³-hybridized carbons (Fsp3) is 0.500. The molecule has 270 valence electrons. The Morgan fingerprint density at radius 1 is 1.18 bits per heavy atom. The van der Waals surface area contributed by atoms with E-state index in [9.17, 15) is 9.59 Å². The summed E-state index contributed by atoms with van der Waals surface area (Å²) in [6, 6.07) is 13.9. The molecule has 6 atom stereocenters. The minimum atomic E-state index is -1.04. The molecule has 5 aliphatic rings. The topological polar surface area (TPSA) is 94.4 Å². The Balaban J connectivity index is 1.16. The maximum atomic E-state index is 14.0. The van der Waals surface area contributed by atoms with Gasteiger partial charge in [0.05, 0.1) is 37.2 Å². The highest BCUT2D eigenvalue weighted by molar-refractivity contribution is 7.86. The summed E-state index contributed by atoms with van der Waals surface area (Å²) < 4.78 is 28.3. The Morgan fingerprint density at radius 2 is 2.08 bits per heavy atom. The number of benzene rings is 2. The molecule has 2 aliphatic carbocycles. The van der Waals surface area contributed by atoms with E-state index in [1.165, 1.54) is 11.1 Å². The molecule has 2 amide bonds. The van der Waals surface area contributed by atoms with Crippen molar-refractivity contribution in [3.8, 4) is 5.75 Å². The highest BCUT2D eigenvalue weighted by Crippen LogP contribution is 2.47. The predicted octanol–water partition coefficient (Wildman–Crippen LogP) is 7.07. The minimum absolute atomic E-state index is 0.0264. The largest absolute Gasteiger partial charge is 0.490 e. The number of allylic oxidation sites excluding steroid dienone is 1. The molecule has 1 unspecified atom stereocenters. The summed E-state index contributed by atoms with van der Waals surface area (Å²) in [5.41, 5.74) is 5.37. The molecule has 1 aromatic heterocycles. The summed E-state index contributed by atoms with van der Waals surface area (Å²) in [6.07, 6.45) is 12.5. The van der Waals surface area contributed by atoms with Gasteiger partial charge in [0.15, 0.2) is 0 Å². The Labute approximate surface area is 307 Å². The Bertz CT molecular complexity index is 1870. The van der Waals surface area contributed by atoms with E-state index in [1.807, 2.05) is 43.6 Å². The third-order valence-electron chi connectivity index (χ3n) is 11.6. The highest BCUT2D eigenvalue weighted by Gasteiger charge is 2.44. The van der Waals surface area contributed by atoms with Crippen LogP contribution in [0.2, 0.25) is 5.02 Å². The molecule has 3 aliphatic heterocycles. The lowest BCUT2D eigenvalue weighted by atomic mass is 9.68. The number of nitrogens with zero attached hydrogens (tertiary/aromatic N) is 3. The summed E-state index contributed by atoms with van der Waals surface area (Å²) >= 11 is 6.48. The Morgan fingerprint density at radius 3 is 2.90 bits per heavy atom. The summed E-state index contributed by atoms with van der Waals surface area (Å²) in [5.74, 6) is 1.80. The van der Waals surface area contributed by atoms with Gasteiger partial charge in [0, 0.05) is 71.3 Å². The van der Waals surface area contributed by atoms with Crippen LogP contribution in [0.4, 0.5) is 5.69 Å². The second kappa shape index (κ2) is 14.5. The lowest BCUT2D eigenvalue weighted by Crippen LogP contribution is -2.49. The zero-order chi connectivity index (χ0) is 35.1. The standard InChI is InChI=1S/C40H47ClN4O5S/c1-26-5-3-7-36(48-2)33-11-8-29(33)20-45-24-40(14-4-6-27-17-31(41)10-12-34(27)40)25-50-37-13-9-28(19-35(37)45)38(46)42-51(23-26)43-39(47)30-18-32-22-49-16-15-44(32)21-30/h3,7,9-10,12-13,17-19,21,26,29,33,36H,4-6,8,11,14-16,20,22-25H2,1-2H3,(H,42,43,46,47)/b7-3+/t26-,29-,33+,36-,40-,51?/m0/s1. The molecule has 8 rings (SSSR count). The van der Waals surface area contributed by atoms with Gasteiger partial charge in [-0.05, 0) is 104 Å². The highest BCUT2D eigenvalue weighted by atomic mass is 35.5. The van der Waals surface area contributed by atoms with Crippen molar-refractivity contribution >= 4 is 40.0 Å². The molecule has 4 heterocycles. The maximum Gasteiger partial charge on any atom is 0.284 e. The average molecular weight is 731 g/mol. The number of ether oxygens (including phenoxy) is 3. The lowest BCUT2D eigenvalue weighted by Gasteiger charge is -2.46. The van der Waals surface area contributed by atoms with Crippen LogP contribution in [-0.4, -0.2) is 61.7 Å². The second-order valence-corrected chi connectivity index (χ2v) is 17.0. The van der Waals surface area contributed by atoms with Crippen LogP contribution in [0.1, 0.15) is 76.6 Å². The molecule has 3 aromatic rings. The van der Waals surface area contributed by atoms with Crippen LogP contribution in [-0.2, 0) is 45.3 Å². The molecule has 2 aromatic carbocycles. The molecule has 0 saturated heterocycles. The fourth-order valence-electron chi connectivity index (χ4n) is 8.73. The number of carbonyl (C=O) groups excluding carboxylic acids is 2. The summed E-state index contributed by atoms with van der Waals surface area (Å²) in [4.78, 5) is 30.1. The zero-order valence-corrected chi connectivity index (χ0v) is 31.0. The first-order valence-electron chi connectivity index (χ1n) is 18.3. The zero-order valence-electron chi connectivity index (χ0n) is 29.4. The van der Waals surface area contributed by atoms with Crippen LogP contribution in [0.5, 0.6) is 5.75 Å². The number of methoxy groups -OCH3 is 1. The van der Waals surface area contributed by atoms with Crippen molar-refractivity contribution in [1.82, 2.24) is 9.29 Å². The van der Waals surface area contributed by atoms with E-state index in [4.69, 9.17) is 30.2 Å². The van der Waals surface area contributed by atoms with Gasteiger partial charge in [0.25, 0.3) is 11.8 Å². The fourth-order valence-corrected chi connectivity index (χ4v) is 10.4. The number of fused-ring (bicyclic) bond motifs is 5. The number of halogens is 1. The minimum Gasteiger partial charge on any atom is -0.490 e. The van der Waals surface area contributed by atoms with Gasteiger partial charge in [0.1, 0.15) is 5.75 Å². The molecular formula is C40H47ClN4O5S. The third-order valence-corrected chi connectivity index (χ3v) is 13.5. The monoisotopic (exact) mass is 730 g/mol. The van der Waals surface area contributed by atoms with E-state index in [0.29, 0.717) is 55.1 Å². The second-order valence-electron chi connectivity index (χ2n) is 15.1. The first-order chi connectivity index (χ1) is 24.8. The van der Waals surface area contributed by atoms with Gasteiger partial charge in [-0.25, -0.2) is 0 Å². The van der Waals surface area contributed by atoms with Crippen LogP contribution in [0.15, 0.2) is 65.2 Å². The van der Waals surface area contributed by atoms with E-state index in [2.05, 4.69) is 45.4 Å². The van der Waals surface area contributed by atoms with E-state index in [0.717, 1.165) is 73.8 Å². The summed E-state index contributed by atoms with van der Waals surface area (Å²) in [6.45, 7) is 6.15. The van der Waals surface area contributed by atoms with Crippen LogP contribution >= 0.6 is 11.6 Å². The van der Waals surface area contributed by atoms with Crippen molar-refractivity contribution in [2.75, 3.05) is 44.1 Å². The number of aromatic nitrogens is 1. The molecule has 0 radical (unpaired) electrons. The van der Waals surface area contributed by atoms with Crippen molar-refractivity contribution in [2.45, 2.75) is 70.1 Å². The number of rotatable bonds is 3. The van der Waals surface area contributed by atoms with Crippen molar-refractivity contribution in [2.24, 2.45) is 22.1 Å².